The third kappa shape index (κ3) is 2.79. The number of para-hydroxylation sites is 2. The third-order valence-electron chi connectivity index (χ3n) is 3.37. The van der Waals surface area contributed by atoms with E-state index in [1.165, 1.54) is 16.7 Å². The zero-order chi connectivity index (χ0) is 17.1. The number of hydrogen-bond donors (Lipinski definition) is 2. The summed E-state index contributed by atoms with van der Waals surface area (Å²) in [6, 6.07) is 11.5. The molecule has 3 rings (SSSR count). The molecule has 0 aliphatic carbocycles. The number of ether oxygens (including phenoxy) is 1. The molecule has 0 aliphatic rings. The van der Waals surface area contributed by atoms with E-state index < -0.39 is 11.5 Å². The van der Waals surface area contributed by atoms with E-state index in [9.17, 15) is 14.7 Å². The maximum absolute atomic E-state index is 12.7. The van der Waals surface area contributed by atoms with Gasteiger partial charge in [0.15, 0.2) is 11.4 Å². The highest BCUT2D eigenvalue weighted by Gasteiger charge is 2.21. The summed E-state index contributed by atoms with van der Waals surface area (Å²) in [5.74, 6) is -0.764. The molecule has 24 heavy (non-hydrogen) atoms. The molecule has 0 atom stereocenters. The van der Waals surface area contributed by atoms with Crippen molar-refractivity contribution in [2.45, 2.75) is 6.92 Å². The van der Waals surface area contributed by atoms with Crippen LogP contribution in [0.1, 0.15) is 17.3 Å². The van der Waals surface area contributed by atoms with Gasteiger partial charge in [-0.25, -0.2) is 9.78 Å². The van der Waals surface area contributed by atoms with Gasteiger partial charge in [0.2, 0.25) is 0 Å². The SMILES string of the molecule is CCOC(=O)c1c(Nc2ccccc2O)nc2ccccn2c1=O. The number of rotatable bonds is 4. The summed E-state index contributed by atoms with van der Waals surface area (Å²) in [6.45, 7) is 1.78. The van der Waals surface area contributed by atoms with E-state index in [2.05, 4.69) is 10.3 Å². The summed E-state index contributed by atoms with van der Waals surface area (Å²) in [5, 5.41) is 12.7. The highest BCUT2D eigenvalue weighted by molar-refractivity contribution is 5.95. The van der Waals surface area contributed by atoms with E-state index in [4.69, 9.17) is 4.74 Å². The normalized spacial score (nSPS) is 10.5. The van der Waals surface area contributed by atoms with Crippen LogP contribution in [-0.2, 0) is 4.74 Å². The molecular formula is C17H15N3O4. The molecule has 2 aromatic heterocycles. The molecule has 7 heteroatoms. The van der Waals surface area contributed by atoms with Crippen LogP contribution in [0.2, 0.25) is 0 Å². The second-order valence-corrected chi connectivity index (χ2v) is 4.93. The van der Waals surface area contributed by atoms with Gasteiger partial charge in [-0.3, -0.25) is 9.20 Å². The van der Waals surface area contributed by atoms with E-state index in [-0.39, 0.29) is 23.7 Å². The Balaban J connectivity index is 2.21. The number of nitrogens with one attached hydrogen (secondary N) is 1. The van der Waals surface area contributed by atoms with Gasteiger partial charge in [-0.05, 0) is 31.2 Å². The zero-order valence-corrected chi connectivity index (χ0v) is 12.9. The number of nitrogens with zero attached hydrogens (tertiary/aromatic N) is 2. The summed E-state index contributed by atoms with van der Waals surface area (Å²) >= 11 is 0. The van der Waals surface area contributed by atoms with Crippen LogP contribution in [0.3, 0.4) is 0 Å². The fourth-order valence-electron chi connectivity index (χ4n) is 2.27. The molecular weight excluding hydrogens is 310 g/mol. The number of hydrogen-bond acceptors (Lipinski definition) is 6. The molecule has 0 fully saturated rings. The van der Waals surface area contributed by atoms with Crippen LogP contribution in [0.5, 0.6) is 5.75 Å². The molecule has 2 heterocycles. The lowest BCUT2D eigenvalue weighted by atomic mass is 10.2. The largest absolute Gasteiger partial charge is 0.506 e. The van der Waals surface area contributed by atoms with Gasteiger partial charge < -0.3 is 15.2 Å². The fourth-order valence-corrected chi connectivity index (χ4v) is 2.27. The van der Waals surface area contributed by atoms with Gasteiger partial charge in [-0.15, -0.1) is 0 Å². The van der Waals surface area contributed by atoms with E-state index in [1.807, 2.05) is 0 Å². The monoisotopic (exact) mass is 325 g/mol. The molecule has 3 aromatic rings. The minimum absolute atomic E-state index is 0.0256. The minimum Gasteiger partial charge on any atom is -0.506 e. The van der Waals surface area contributed by atoms with Gasteiger partial charge in [-0.2, -0.15) is 0 Å². The summed E-state index contributed by atoms with van der Waals surface area (Å²) in [4.78, 5) is 29.2. The summed E-state index contributed by atoms with van der Waals surface area (Å²) in [7, 11) is 0. The molecule has 0 saturated carbocycles. The van der Waals surface area contributed by atoms with Gasteiger partial charge in [0, 0.05) is 6.20 Å². The second-order valence-electron chi connectivity index (χ2n) is 4.93. The molecule has 0 bridgehead atoms. The van der Waals surface area contributed by atoms with Crippen LogP contribution in [0.4, 0.5) is 11.5 Å². The molecule has 0 amide bonds. The topological polar surface area (TPSA) is 92.9 Å². The Bertz CT molecular complexity index is 965. The number of carbonyl (C=O) groups excluding carboxylic acids is 1. The van der Waals surface area contributed by atoms with E-state index in [1.54, 1.807) is 43.3 Å². The van der Waals surface area contributed by atoms with Crippen molar-refractivity contribution in [3.63, 3.8) is 0 Å². The smallest absolute Gasteiger partial charge is 0.347 e. The molecule has 0 spiro atoms. The molecule has 1 aromatic carbocycles. The lowest BCUT2D eigenvalue weighted by Gasteiger charge is -2.12. The van der Waals surface area contributed by atoms with Crippen LogP contribution in [0.25, 0.3) is 5.65 Å². The predicted molar refractivity (Wildman–Crippen MR) is 88.8 cm³/mol. The molecule has 0 aliphatic heterocycles. The summed E-state index contributed by atoms with van der Waals surface area (Å²) < 4.78 is 6.24. The van der Waals surface area contributed by atoms with E-state index in [0.29, 0.717) is 11.3 Å². The van der Waals surface area contributed by atoms with Gasteiger partial charge >= 0.3 is 5.97 Å². The van der Waals surface area contributed by atoms with Crippen molar-refractivity contribution in [1.82, 2.24) is 9.38 Å². The summed E-state index contributed by atoms with van der Waals surface area (Å²) in [6.07, 6.45) is 1.52. The average molecular weight is 325 g/mol. The van der Waals surface area contributed by atoms with Crippen LogP contribution in [0, 0.1) is 0 Å². The Morgan fingerprint density at radius 1 is 1.25 bits per heavy atom. The quantitative estimate of drug-likeness (QED) is 0.565. The third-order valence-corrected chi connectivity index (χ3v) is 3.37. The molecule has 0 radical (unpaired) electrons. The Hall–Kier alpha value is -3.35. The maximum Gasteiger partial charge on any atom is 0.347 e. The first-order valence-electron chi connectivity index (χ1n) is 7.35. The van der Waals surface area contributed by atoms with E-state index >= 15 is 0 Å². The molecule has 122 valence electrons. The van der Waals surface area contributed by atoms with Gasteiger partial charge in [0.05, 0.1) is 12.3 Å². The maximum atomic E-state index is 12.7. The predicted octanol–water partition coefficient (Wildman–Crippen LogP) is 2.32. The molecule has 0 unspecified atom stereocenters. The number of fused-ring (bicyclic) bond motifs is 1. The van der Waals surface area contributed by atoms with Crippen molar-refractivity contribution in [3.05, 3.63) is 64.6 Å². The zero-order valence-electron chi connectivity index (χ0n) is 12.9. The van der Waals surface area contributed by atoms with Crippen molar-refractivity contribution in [2.24, 2.45) is 0 Å². The number of aromatic hydroxyl groups is 1. The Kier molecular flexibility index (Phi) is 4.15. The van der Waals surface area contributed by atoms with Crippen molar-refractivity contribution >= 4 is 23.1 Å². The van der Waals surface area contributed by atoms with Gasteiger partial charge in [-0.1, -0.05) is 18.2 Å². The molecule has 2 N–H and O–H groups in total. The number of anilines is 2. The number of esters is 1. The lowest BCUT2D eigenvalue weighted by molar-refractivity contribution is 0.0525. The Labute approximate surface area is 137 Å². The average Bonchev–Trinajstić information content (AvgIpc) is 2.57. The first-order chi connectivity index (χ1) is 11.6. The molecule has 0 saturated heterocycles. The number of pyridine rings is 1. The second kappa shape index (κ2) is 6.41. The Morgan fingerprint density at radius 2 is 2.00 bits per heavy atom. The highest BCUT2D eigenvalue weighted by atomic mass is 16.5. The first kappa shape index (κ1) is 15.5. The van der Waals surface area contributed by atoms with Crippen LogP contribution in [-0.4, -0.2) is 27.1 Å². The van der Waals surface area contributed by atoms with Crippen LogP contribution < -0.4 is 10.9 Å². The number of aromatic nitrogens is 2. The number of carbonyl (C=O) groups is 1. The van der Waals surface area contributed by atoms with Crippen LogP contribution >= 0.6 is 0 Å². The highest BCUT2D eigenvalue weighted by Crippen LogP contribution is 2.26. The lowest BCUT2D eigenvalue weighted by Crippen LogP contribution is -2.26. The number of phenols is 1. The van der Waals surface area contributed by atoms with Gasteiger partial charge in [0.1, 0.15) is 11.4 Å². The van der Waals surface area contributed by atoms with Gasteiger partial charge in [0.25, 0.3) is 5.56 Å². The van der Waals surface area contributed by atoms with Crippen LogP contribution in [0.15, 0.2) is 53.5 Å². The van der Waals surface area contributed by atoms with E-state index in [0.717, 1.165) is 0 Å². The number of benzene rings is 1. The fraction of sp³-hybridized carbons (Fsp3) is 0.118. The van der Waals surface area contributed by atoms with Crippen molar-refractivity contribution in [3.8, 4) is 5.75 Å². The number of phenolic OH excluding ortho intramolecular Hbond substituents is 1. The van der Waals surface area contributed by atoms with Crippen molar-refractivity contribution in [1.29, 1.82) is 0 Å². The summed E-state index contributed by atoms with van der Waals surface area (Å²) in [5.41, 5.74) is -0.0653. The van der Waals surface area contributed by atoms with Crippen molar-refractivity contribution < 1.29 is 14.6 Å². The first-order valence-corrected chi connectivity index (χ1v) is 7.35. The molecule has 7 nitrogen and oxygen atoms in total. The minimum atomic E-state index is -0.772. The van der Waals surface area contributed by atoms with Crippen molar-refractivity contribution in [2.75, 3.05) is 11.9 Å². The Morgan fingerprint density at radius 3 is 2.75 bits per heavy atom. The standard InChI is InChI=1S/C17H15N3O4/c1-2-24-17(23)14-15(18-11-7-3-4-8-12(11)21)19-13-9-5-6-10-20(13)16(14)22/h3-10,18,21H,2H2,1H3.